The fraction of sp³-hybridized carbons (Fsp3) is 0.429. The fourth-order valence-corrected chi connectivity index (χ4v) is 3.52. The molecule has 1 N–H and O–H groups in total. The Balaban J connectivity index is 1.53. The zero-order valence-corrected chi connectivity index (χ0v) is 15.2. The lowest BCUT2D eigenvalue weighted by Crippen LogP contribution is -2.40. The highest BCUT2D eigenvalue weighted by Crippen LogP contribution is 2.19. The van der Waals surface area contributed by atoms with E-state index in [4.69, 9.17) is 0 Å². The molecule has 1 aromatic carbocycles. The number of carbonyl (C=O) groups excluding carboxylic acids is 1. The average Bonchev–Trinajstić information content (AvgIpc) is 2.62. The molecule has 1 aliphatic rings. The van der Waals surface area contributed by atoms with Gasteiger partial charge in [-0.3, -0.25) is 14.7 Å². The zero-order valence-electron chi connectivity index (χ0n) is 15.2. The minimum atomic E-state index is -0.0124. The molecular formula is C21H27N3O. The number of benzene rings is 1. The number of amides is 1. The van der Waals surface area contributed by atoms with Gasteiger partial charge in [-0.2, -0.15) is 0 Å². The Morgan fingerprint density at radius 2 is 2.08 bits per heavy atom. The highest BCUT2D eigenvalue weighted by atomic mass is 16.1. The minimum absolute atomic E-state index is 0.0124. The van der Waals surface area contributed by atoms with Crippen molar-refractivity contribution in [3.63, 3.8) is 0 Å². The summed E-state index contributed by atoms with van der Waals surface area (Å²) >= 11 is 0. The Morgan fingerprint density at radius 3 is 2.88 bits per heavy atom. The second kappa shape index (κ2) is 8.26. The number of aromatic nitrogens is 1. The lowest BCUT2D eigenvalue weighted by atomic mass is 9.97. The van der Waals surface area contributed by atoms with E-state index in [-0.39, 0.29) is 5.91 Å². The van der Waals surface area contributed by atoms with Crippen molar-refractivity contribution in [1.29, 1.82) is 0 Å². The molecule has 0 unspecified atom stereocenters. The fourth-order valence-electron chi connectivity index (χ4n) is 3.52. The van der Waals surface area contributed by atoms with Crippen LogP contribution in [0.2, 0.25) is 0 Å². The van der Waals surface area contributed by atoms with Gasteiger partial charge in [0, 0.05) is 32.0 Å². The summed E-state index contributed by atoms with van der Waals surface area (Å²) in [5.41, 5.74) is 4.40. The molecular weight excluding hydrogens is 310 g/mol. The summed E-state index contributed by atoms with van der Waals surface area (Å²) in [4.78, 5) is 18.9. The molecule has 1 amide bonds. The predicted molar refractivity (Wildman–Crippen MR) is 100 cm³/mol. The van der Waals surface area contributed by atoms with Crippen molar-refractivity contribution in [3.05, 3.63) is 65.0 Å². The topological polar surface area (TPSA) is 45.2 Å². The first-order valence-electron chi connectivity index (χ1n) is 9.09. The Kier molecular flexibility index (Phi) is 5.82. The van der Waals surface area contributed by atoms with E-state index in [0.29, 0.717) is 11.5 Å². The standard InChI is InChI=1S/C21H27N3O/c1-16-6-3-4-8-19(16)15-24-11-5-7-18(14-24)12-23-21(25)20-13-22-10-9-17(20)2/h3-4,6,8-10,13,18H,5,7,11-12,14-15H2,1-2H3,(H,23,25)/t18-/m1/s1. The van der Waals surface area contributed by atoms with Crippen LogP contribution in [0.15, 0.2) is 42.7 Å². The van der Waals surface area contributed by atoms with Crippen LogP contribution < -0.4 is 5.32 Å². The molecule has 1 fully saturated rings. The molecule has 4 nitrogen and oxygen atoms in total. The van der Waals surface area contributed by atoms with Crippen molar-refractivity contribution in [2.45, 2.75) is 33.2 Å². The molecule has 2 aromatic rings. The molecule has 0 saturated carbocycles. The molecule has 1 atom stereocenters. The van der Waals surface area contributed by atoms with Gasteiger partial charge in [0.2, 0.25) is 0 Å². The molecule has 2 heterocycles. The summed E-state index contributed by atoms with van der Waals surface area (Å²) in [6, 6.07) is 10.5. The van der Waals surface area contributed by atoms with Crippen molar-refractivity contribution < 1.29 is 4.79 Å². The predicted octanol–water partition coefficient (Wildman–Crippen LogP) is 3.34. The summed E-state index contributed by atoms with van der Waals surface area (Å²) in [7, 11) is 0. The lowest BCUT2D eigenvalue weighted by Gasteiger charge is -2.33. The number of nitrogens with one attached hydrogen (secondary N) is 1. The molecule has 1 saturated heterocycles. The van der Waals surface area contributed by atoms with Gasteiger partial charge in [0.25, 0.3) is 5.91 Å². The van der Waals surface area contributed by atoms with Crippen LogP contribution in [0, 0.1) is 19.8 Å². The van der Waals surface area contributed by atoms with Crippen LogP contribution >= 0.6 is 0 Å². The van der Waals surface area contributed by atoms with Crippen molar-refractivity contribution in [1.82, 2.24) is 15.2 Å². The molecule has 0 radical (unpaired) electrons. The summed E-state index contributed by atoms with van der Waals surface area (Å²) < 4.78 is 0. The van der Waals surface area contributed by atoms with E-state index in [1.165, 1.54) is 24.0 Å². The summed E-state index contributed by atoms with van der Waals surface area (Å²) in [6.45, 7) is 8.03. The van der Waals surface area contributed by atoms with E-state index in [1.807, 2.05) is 13.0 Å². The van der Waals surface area contributed by atoms with Crippen LogP contribution in [0.4, 0.5) is 0 Å². The van der Waals surface area contributed by atoms with Gasteiger partial charge in [-0.25, -0.2) is 0 Å². The normalized spacial score (nSPS) is 18.1. The first-order valence-corrected chi connectivity index (χ1v) is 9.09. The first kappa shape index (κ1) is 17.6. The molecule has 3 rings (SSSR count). The third-order valence-electron chi connectivity index (χ3n) is 5.09. The van der Waals surface area contributed by atoms with Gasteiger partial charge in [0.1, 0.15) is 0 Å². The van der Waals surface area contributed by atoms with Gasteiger partial charge in [0.05, 0.1) is 5.56 Å². The Bertz CT molecular complexity index is 729. The number of piperidine rings is 1. The van der Waals surface area contributed by atoms with E-state index in [0.717, 1.165) is 31.7 Å². The van der Waals surface area contributed by atoms with E-state index in [2.05, 4.69) is 46.4 Å². The minimum Gasteiger partial charge on any atom is -0.352 e. The third-order valence-corrected chi connectivity index (χ3v) is 5.09. The van der Waals surface area contributed by atoms with Crippen molar-refractivity contribution >= 4 is 5.91 Å². The van der Waals surface area contributed by atoms with Crippen molar-refractivity contribution in [2.75, 3.05) is 19.6 Å². The lowest BCUT2D eigenvalue weighted by molar-refractivity contribution is 0.0929. The number of rotatable bonds is 5. The first-order chi connectivity index (χ1) is 12.1. The highest BCUT2D eigenvalue weighted by molar-refractivity contribution is 5.95. The maximum absolute atomic E-state index is 12.4. The van der Waals surface area contributed by atoms with Gasteiger partial charge in [0.15, 0.2) is 0 Å². The van der Waals surface area contributed by atoms with Gasteiger partial charge >= 0.3 is 0 Å². The van der Waals surface area contributed by atoms with Crippen LogP contribution in [0.3, 0.4) is 0 Å². The zero-order chi connectivity index (χ0) is 17.6. The van der Waals surface area contributed by atoms with Crippen LogP contribution in [0.25, 0.3) is 0 Å². The maximum Gasteiger partial charge on any atom is 0.253 e. The van der Waals surface area contributed by atoms with E-state index in [9.17, 15) is 4.79 Å². The monoisotopic (exact) mass is 337 g/mol. The second-order valence-corrected chi connectivity index (χ2v) is 7.07. The molecule has 0 spiro atoms. The highest BCUT2D eigenvalue weighted by Gasteiger charge is 2.21. The van der Waals surface area contributed by atoms with E-state index < -0.39 is 0 Å². The van der Waals surface area contributed by atoms with Gasteiger partial charge in [-0.1, -0.05) is 24.3 Å². The Hall–Kier alpha value is -2.20. The van der Waals surface area contributed by atoms with Crippen molar-refractivity contribution in [3.8, 4) is 0 Å². The SMILES string of the molecule is Cc1ccccc1CN1CCC[C@H](CNC(=O)c2cnccc2C)C1. The number of likely N-dealkylation sites (tertiary alicyclic amines) is 1. The quantitative estimate of drug-likeness (QED) is 0.910. The summed E-state index contributed by atoms with van der Waals surface area (Å²) in [5, 5.41) is 3.10. The smallest absolute Gasteiger partial charge is 0.253 e. The number of hydrogen-bond donors (Lipinski definition) is 1. The number of hydrogen-bond acceptors (Lipinski definition) is 3. The Morgan fingerprint density at radius 1 is 1.24 bits per heavy atom. The van der Waals surface area contributed by atoms with Gasteiger partial charge in [-0.05, 0) is 61.9 Å². The van der Waals surface area contributed by atoms with Crippen LogP contribution in [0.5, 0.6) is 0 Å². The molecule has 0 bridgehead atoms. The number of carbonyl (C=O) groups is 1. The largest absolute Gasteiger partial charge is 0.352 e. The number of nitrogens with zero attached hydrogens (tertiary/aromatic N) is 2. The van der Waals surface area contributed by atoms with Crippen molar-refractivity contribution in [2.24, 2.45) is 5.92 Å². The Labute approximate surface area is 150 Å². The molecule has 0 aliphatic carbocycles. The number of pyridine rings is 1. The van der Waals surface area contributed by atoms with Gasteiger partial charge < -0.3 is 5.32 Å². The van der Waals surface area contributed by atoms with E-state index in [1.54, 1.807) is 12.4 Å². The molecule has 1 aromatic heterocycles. The molecule has 132 valence electrons. The maximum atomic E-state index is 12.4. The van der Waals surface area contributed by atoms with Gasteiger partial charge in [-0.15, -0.1) is 0 Å². The molecule has 1 aliphatic heterocycles. The van der Waals surface area contributed by atoms with E-state index >= 15 is 0 Å². The average molecular weight is 337 g/mol. The summed E-state index contributed by atoms with van der Waals surface area (Å²) in [5.74, 6) is 0.500. The van der Waals surface area contributed by atoms with Crippen LogP contribution in [0.1, 0.15) is 39.9 Å². The third kappa shape index (κ3) is 4.67. The molecule has 25 heavy (non-hydrogen) atoms. The molecule has 4 heteroatoms. The second-order valence-electron chi connectivity index (χ2n) is 7.07. The summed E-state index contributed by atoms with van der Waals surface area (Å²) in [6.07, 6.45) is 5.74. The van der Waals surface area contributed by atoms with Crippen LogP contribution in [-0.2, 0) is 6.54 Å². The number of aryl methyl sites for hydroxylation is 2. The van der Waals surface area contributed by atoms with Crippen LogP contribution in [-0.4, -0.2) is 35.4 Å².